The quantitative estimate of drug-likeness (QED) is 0.425. The molecule has 186 valence electrons. The molecule has 7 nitrogen and oxygen atoms in total. The van der Waals surface area contributed by atoms with Crippen molar-refractivity contribution < 1.29 is 4.79 Å². The van der Waals surface area contributed by atoms with Gasteiger partial charge in [0, 0.05) is 61.6 Å². The monoisotopic (exact) mass is 492 g/mol. The lowest BCUT2D eigenvalue weighted by Crippen LogP contribution is -2.51. The minimum absolute atomic E-state index is 0.0362. The van der Waals surface area contributed by atoms with Gasteiger partial charge < -0.3 is 25.8 Å². The Balaban J connectivity index is 1.20. The van der Waals surface area contributed by atoms with Crippen molar-refractivity contribution in [1.82, 2.24) is 20.5 Å². The number of carbonyl (C=O) groups is 1. The zero-order valence-corrected chi connectivity index (χ0v) is 21.8. The summed E-state index contributed by atoms with van der Waals surface area (Å²) in [7, 11) is 4.10. The van der Waals surface area contributed by atoms with Crippen molar-refractivity contribution >= 4 is 38.8 Å². The fourth-order valence-corrected chi connectivity index (χ4v) is 6.20. The summed E-state index contributed by atoms with van der Waals surface area (Å²) < 4.78 is 0. The molecule has 0 aliphatic carbocycles. The fraction of sp³-hybridized carbons (Fsp3) is 0.481. The molecule has 0 unspecified atom stereocenters. The molecule has 2 atom stereocenters. The third-order valence-corrected chi connectivity index (χ3v) is 8.08. The lowest BCUT2D eigenvalue weighted by Gasteiger charge is -2.34. The van der Waals surface area contributed by atoms with Crippen LogP contribution in [0, 0.1) is 6.92 Å². The molecule has 0 saturated carbocycles. The molecule has 3 aromatic rings. The Labute approximate surface area is 211 Å². The first-order chi connectivity index (χ1) is 17.0. The summed E-state index contributed by atoms with van der Waals surface area (Å²) in [6.45, 7) is 6.45. The van der Waals surface area contributed by atoms with E-state index < -0.39 is 0 Å². The van der Waals surface area contributed by atoms with Crippen molar-refractivity contribution in [2.75, 3.05) is 57.0 Å². The molecule has 4 heterocycles. The van der Waals surface area contributed by atoms with E-state index in [0.29, 0.717) is 23.5 Å². The number of nitrogens with one attached hydrogen (secondary N) is 3. The van der Waals surface area contributed by atoms with Crippen LogP contribution < -0.4 is 20.9 Å². The molecule has 2 bridgehead atoms. The van der Waals surface area contributed by atoms with E-state index >= 15 is 0 Å². The number of pyridine rings is 1. The number of amides is 1. The molecule has 2 aliphatic rings. The van der Waals surface area contributed by atoms with E-state index in [4.69, 9.17) is 0 Å². The SMILES string of the molecule is Cc1ccc2c(NCCN(C)C)c(C(=O)NCCc3ccc(N4C[C@H]5CC[C@@H](C4)N5)cc3)sc2n1. The Hall–Kier alpha value is -2.68. The van der Waals surface area contributed by atoms with Gasteiger partial charge in [0.2, 0.25) is 0 Å². The summed E-state index contributed by atoms with van der Waals surface area (Å²) >= 11 is 1.46. The van der Waals surface area contributed by atoms with Gasteiger partial charge in [0.1, 0.15) is 9.71 Å². The first kappa shape index (κ1) is 24.0. The van der Waals surface area contributed by atoms with Crippen molar-refractivity contribution in [3.63, 3.8) is 0 Å². The minimum Gasteiger partial charge on any atom is -0.382 e. The van der Waals surface area contributed by atoms with Crippen LogP contribution in [-0.4, -0.2) is 74.7 Å². The second-order valence-electron chi connectivity index (χ2n) is 10.1. The zero-order chi connectivity index (χ0) is 24.4. The highest BCUT2D eigenvalue weighted by Gasteiger charge is 2.32. The highest BCUT2D eigenvalue weighted by Crippen LogP contribution is 2.35. The van der Waals surface area contributed by atoms with Crippen LogP contribution in [0.3, 0.4) is 0 Å². The number of fused-ring (bicyclic) bond motifs is 3. The van der Waals surface area contributed by atoms with Crippen LogP contribution in [-0.2, 0) is 6.42 Å². The molecule has 1 aromatic carbocycles. The number of hydrogen-bond donors (Lipinski definition) is 3. The summed E-state index contributed by atoms with van der Waals surface area (Å²) in [6, 6.07) is 14.2. The van der Waals surface area contributed by atoms with Crippen LogP contribution in [0.15, 0.2) is 36.4 Å². The van der Waals surface area contributed by atoms with Crippen LogP contribution in [0.5, 0.6) is 0 Å². The Morgan fingerprint density at radius 3 is 2.57 bits per heavy atom. The van der Waals surface area contributed by atoms with Crippen molar-refractivity contribution in [3.05, 3.63) is 52.5 Å². The molecule has 2 aliphatic heterocycles. The lowest BCUT2D eigenvalue weighted by atomic mass is 10.1. The van der Waals surface area contributed by atoms with Crippen molar-refractivity contribution in [3.8, 4) is 0 Å². The van der Waals surface area contributed by atoms with Gasteiger partial charge in [-0.1, -0.05) is 12.1 Å². The van der Waals surface area contributed by atoms with Gasteiger partial charge in [0.05, 0.1) is 5.69 Å². The third kappa shape index (κ3) is 5.60. The first-order valence-electron chi connectivity index (χ1n) is 12.6. The summed E-state index contributed by atoms with van der Waals surface area (Å²) in [5.41, 5.74) is 4.40. The Morgan fingerprint density at radius 2 is 1.86 bits per heavy atom. The van der Waals surface area contributed by atoms with E-state index in [0.717, 1.165) is 54.2 Å². The fourth-order valence-electron chi connectivity index (χ4n) is 5.09. The van der Waals surface area contributed by atoms with Gasteiger partial charge in [-0.3, -0.25) is 4.79 Å². The van der Waals surface area contributed by atoms with E-state index in [1.54, 1.807) is 0 Å². The maximum absolute atomic E-state index is 13.1. The van der Waals surface area contributed by atoms with Crippen molar-refractivity contribution in [2.45, 2.75) is 38.3 Å². The van der Waals surface area contributed by atoms with Crippen molar-refractivity contribution in [1.29, 1.82) is 0 Å². The minimum atomic E-state index is -0.0362. The van der Waals surface area contributed by atoms with Gasteiger partial charge in [0.25, 0.3) is 5.91 Å². The van der Waals surface area contributed by atoms with Crippen LogP contribution >= 0.6 is 11.3 Å². The maximum atomic E-state index is 13.1. The number of benzene rings is 1. The average Bonchev–Trinajstić information content (AvgIpc) is 3.37. The third-order valence-electron chi connectivity index (χ3n) is 6.98. The number of rotatable bonds is 9. The van der Waals surface area contributed by atoms with Gasteiger partial charge in [-0.15, -0.1) is 11.3 Å². The Morgan fingerprint density at radius 1 is 1.11 bits per heavy atom. The van der Waals surface area contributed by atoms with Gasteiger partial charge in [-0.2, -0.15) is 0 Å². The molecule has 2 aromatic heterocycles. The van der Waals surface area contributed by atoms with Gasteiger partial charge >= 0.3 is 0 Å². The second kappa shape index (κ2) is 10.5. The summed E-state index contributed by atoms with van der Waals surface area (Å²) in [5.74, 6) is -0.0362. The summed E-state index contributed by atoms with van der Waals surface area (Å²) in [5, 5.41) is 11.3. The number of carbonyl (C=O) groups excluding carboxylic acids is 1. The molecule has 5 rings (SSSR count). The highest BCUT2D eigenvalue weighted by atomic mass is 32.1. The molecular weight excluding hydrogens is 456 g/mol. The number of aryl methyl sites for hydroxylation is 1. The number of likely N-dealkylation sites (N-methyl/N-ethyl adjacent to an activating group) is 1. The largest absolute Gasteiger partial charge is 0.382 e. The predicted molar refractivity (Wildman–Crippen MR) is 146 cm³/mol. The first-order valence-corrected chi connectivity index (χ1v) is 13.4. The zero-order valence-electron chi connectivity index (χ0n) is 20.9. The molecule has 2 saturated heterocycles. The molecule has 0 radical (unpaired) electrons. The normalized spacial score (nSPS) is 19.5. The number of nitrogens with zero attached hydrogens (tertiary/aromatic N) is 3. The highest BCUT2D eigenvalue weighted by molar-refractivity contribution is 7.21. The molecular formula is C27H36N6OS. The van der Waals surface area contributed by atoms with E-state index in [-0.39, 0.29) is 5.91 Å². The number of aromatic nitrogens is 1. The molecule has 3 N–H and O–H groups in total. The second-order valence-corrected chi connectivity index (χ2v) is 11.1. The van der Waals surface area contributed by atoms with E-state index in [2.05, 4.69) is 61.1 Å². The standard InChI is InChI=1S/C27H36N6OS/c1-18-4-11-23-24(28-14-15-32(2)3)25(35-27(23)30-18)26(34)29-13-12-19-5-9-22(10-6-19)33-16-20-7-8-21(17-33)31-20/h4-6,9-11,20-21,28,31H,7-8,12-17H2,1-3H3,(H,29,34)/t20-,21+. The van der Waals surface area contributed by atoms with Crippen molar-refractivity contribution in [2.24, 2.45) is 0 Å². The number of thiophene rings is 1. The van der Waals surface area contributed by atoms with Crippen LogP contribution in [0.4, 0.5) is 11.4 Å². The molecule has 35 heavy (non-hydrogen) atoms. The van der Waals surface area contributed by atoms with Gasteiger partial charge in [-0.25, -0.2) is 4.98 Å². The lowest BCUT2D eigenvalue weighted by molar-refractivity contribution is 0.0959. The Kier molecular flexibility index (Phi) is 7.22. The topological polar surface area (TPSA) is 72.5 Å². The molecule has 0 spiro atoms. The van der Waals surface area contributed by atoms with Gasteiger partial charge in [-0.05, 0) is 70.1 Å². The van der Waals surface area contributed by atoms with Crippen LogP contribution in [0.2, 0.25) is 0 Å². The van der Waals surface area contributed by atoms with E-state index in [1.165, 1.54) is 35.4 Å². The molecule has 8 heteroatoms. The number of anilines is 2. The van der Waals surface area contributed by atoms with Gasteiger partial charge in [0.15, 0.2) is 0 Å². The van der Waals surface area contributed by atoms with E-state index in [9.17, 15) is 4.79 Å². The van der Waals surface area contributed by atoms with Crippen LogP contribution in [0.1, 0.15) is 33.8 Å². The van der Waals surface area contributed by atoms with Crippen LogP contribution in [0.25, 0.3) is 10.2 Å². The van der Waals surface area contributed by atoms with E-state index in [1.807, 2.05) is 27.1 Å². The maximum Gasteiger partial charge on any atom is 0.263 e. The summed E-state index contributed by atoms with van der Waals surface area (Å²) in [4.78, 5) is 24.0. The smallest absolute Gasteiger partial charge is 0.263 e. The number of hydrogen-bond acceptors (Lipinski definition) is 7. The predicted octanol–water partition coefficient (Wildman–Crippen LogP) is 3.49. The molecule has 2 fully saturated rings. The Bertz CT molecular complexity index is 1160. The molecule has 1 amide bonds. The average molecular weight is 493 g/mol. The number of piperazine rings is 1. The summed E-state index contributed by atoms with van der Waals surface area (Å²) in [6.07, 6.45) is 3.40.